The smallest absolute Gasteiger partial charge is 0.198 e. The van der Waals surface area contributed by atoms with Gasteiger partial charge in [0, 0.05) is 0 Å². The third-order valence-electron chi connectivity index (χ3n) is 13.6. The lowest BCUT2D eigenvalue weighted by Crippen LogP contribution is -2.80. The highest BCUT2D eigenvalue weighted by molar-refractivity contribution is 7.20. The topological polar surface area (TPSA) is 16.6 Å². The fourth-order valence-electron chi connectivity index (χ4n) is 9.88. The van der Waals surface area contributed by atoms with Crippen LogP contribution in [0.1, 0.15) is 58.3 Å². The lowest BCUT2D eigenvalue weighted by molar-refractivity contribution is -0.627. The van der Waals surface area contributed by atoms with Gasteiger partial charge in [-0.25, -0.2) is 123 Å². The van der Waals surface area contributed by atoms with E-state index in [1.807, 2.05) is 0 Å². The van der Waals surface area contributed by atoms with E-state index in [1.54, 1.807) is 0 Å². The van der Waals surface area contributed by atoms with Gasteiger partial charge >= 0.3 is 0 Å². The van der Waals surface area contributed by atoms with Crippen molar-refractivity contribution in [1.29, 1.82) is 0 Å². The molecule has 8 aromatic carbocycles. The summed E-state index contributed by atoms with van der Waals surface area (Å²) in [5.74, 6) is -102. The predicted octanol–water partition coefficient (Wildman–Crippen LogP) is 13.9. The molecule has 0 atom stereocenters. The van der Waals surface area contributed by atoms with Crippen molar-refractivity contribution < 1.29 is 128 Å². The van der Waals surface area contributed by atoms with E-state index in [9.17, 15) is 35.1 Å². The molecule has 81 heavy (non-hydrogen) atoms. The molecule has 8 rings (SSSR count). The lowest BCUT2D eigenvalue weighted by atomic mass is 9.12. The highest BCUT2D eigenvalue weighted by atomic mass is 19.2. The minimum Gasteiger partial charge on any atom is -0.349 e. The van der Waals surface area contributed by atoms with Crippen LogP contribution in [0.25, 0.3) is 43.1 Å². The van der Waals surface area contributed by atoms with Crippen molar-refractivity contribution in [3.8, 4) is 0 Å². The maximum absolute atomic E-state index is 17.4. The first-order chi connectivity index (χ1) is 37.9. The average Bonchev–Trinajstić information content (AvgIpc) is 3.48. The number of nitrogens with two attached hydrogens (primary N) is 1. The number of rotatable bonds is 13. The molecule has 0 fully saturated rings. The van der Waals surface area contributed by atoms with Crippen LogP contribution in [0.15, 0.2) is 0 Å². The fourth-order valence-corrected chi connectivity index (χ4v) is 9.88. The largest absolute Gasteiger partial charge is 0.349 e. The molecule has 30 heteroatoms. The van der Waals surface area contributed by atoms with E-state index < -0.39 is 234 Å². The Morgan fingerprint density at radius 2 is 0.370 bits per heavy atom. The molecule has 2 N–H and O–H groups in total. The molecule has 1 nitrogen and oxygen atoms in total. The standard InChI is InChI=1S/C40BF28.C11H25N/c42-13-1-5(25(54)37(66)33(62)21(1)50)17(46)29(58)9(13)41(10-14(43)2-6(18(47)30(10)59)26(55)38(67)34(63)22(2)51,11-15(44)3-7(19(48)31(11)60)27(56)39(68)35(64)23(3)52)12-16(45)4-8(20(49)32(12)61)28(57)40(69)36(65)24(4)53;1-3-4-5-6-7-8-9-10-11-12-2/h;12H,3-11H2,1-2H3/q-1;/p+1. The van der Waals surface area contributed by atoms with Gasteiger partial charge in [-0.3, -0.25) is 0 Å². The van der Waals surface area contributed by atoms with Crippen molar-refractivity contribution in [3.05, 3.63) is 163 Å². The van der Waals surface area contributed by atoms with Crippen LogP contribution in [0.4, 0.5) is 123 Å². The van der Waals surface area contributed by atoms with E-state index in [0.717, 1.165) is 0 Å². The second kappa shape index (κ2) is 22.7. The van der Waals surface area contributed by atoms with Gasteiger partial charge in [0.2, 0.25) is 0 Å². The molecule has 0 bridgehead atoms. The Bertz CT molecular complexity index is 3470. The number of hydrogen-bond donors (Lipinski definition) is 1. The first-order valence-corrected chi connectivity index (χ1v) is 23.1. The number of quaternary nitrogens is 1. The molecule has 0 saturated heterocycles. The molecule has 0 aliphatic heterocycles. The van der Waals surface area contributed by atoms with E-state index in [0.29, 0.717) is 0 Å². The first-order valence-electron chi connectivity index (χ1n) is 23.1. The molecule has 0 amide bonds. The van der Waals surface area contributed by atoms with Gasteiger partial charge in [0.15, 0.2) is 116 Å². The summed E-state index contributed by atoms with van der Waals surface area (Å²) in [4.78, 5) is 0. The van der Waals surface area contributed by atoms with Crippen molar-refractivity contribution in [3.63, 3.8) is 0 Å². The number of unbranched alkanes of at least 4 members (excludes halogenated alkanes) is 7. The van der Waals surface area contributed by atoms with Crippen molar-refractivity contribution in [1.82, 2.24) is 0 Å². The van der Waals surface area contributed by atoms with Crippen LogP contribution in [0.3, 0.4) is 0 Å². The number of fused-ring (bicyclic) bond motifs is 4. The van der Waals surface area contributed by atoms with Gasteiger partial charge in [-0.1, -0.05) is 45.4 Å². The Balaban J connectivity index is 0.000000706. The van der Waals surface area contributed by atoms with Gasteiger partial charge in [-0.15, -0.1) is 21.9 Å². The van der Waals surface area contributed by atoms with Gasteiger partial charge in [-0.2, -0.15) is 0 Å². The van der Waals surface area contributed by atoms with Crippen LogP contribution in [-0.4, -0.2) is 19.7 Å². The first kappa shape index (κ1) is 61.5. The zero-order chi connectivity index (χ0) is 60.7. The summed E-state index contributed by atoms with van der Waals surface area (Å²) < 4.78 is 442. The van der Waals surface area contributed by atoms with E-state index in [2.05, 4.69) is 19.3 Å². The molecule has 0 saturated carbocycles. The molecule has 0 aliphatic carbocycles. The third kappa shape index (κ3) is 8.98. The zero-order valence-electron chi connectivity index (χ0n) is 40.1. The van der Waals surface area contributed by atoms with Gasteiger partial charge in [0.25, 0.3) is 0 Å². The van der Waals surface area contributed by atoms with Crippen molar-refractivity contribution in [2.45, 2.75) is 58.3 Å². The Kier molecular flexibility index (Phi) is 17.2. The maximum atomic E-state index is 17.4. The van der Waals surface area contributed by atoms with Crippen LogP contribution in [0, 0.1) is 163 Å². The summed E-state index contributed by atoms with van der Waals surface area (Å²) in [6.45, 7) is 3.59. The van der Waals surface area contributed by atoms with Gasteiger partial charge in [0.05, 0.1) is 56.7 Å². The Morgan fingerprint density at radius 3 is 0.556 bits per heavy atom. The summed E-state index contributed by atoms with van der Waals surface area (Å²) in [7, 11) is 2.15. The molecule has 0 spiro atoms. The maximum Gasteiger partial charge on any atom is 0.198 e. The van der Waals surface area contributed by atoms with E-state index in [1.165, 1.54) is 57.9 Å². The molecule has 8 aromatic rings. The quantitative estimate of drug-likeness (QED) is 0.0390. The molecule has 0 aromatic heterocycles. The minimum absolute atomic E-state index is 1.31. The van der Waals surface area contributed by atoms with Crippen LogP contribution in [0.2, 0.25) is 0 Å². The SMILES string of the molecule is CCCCCCCCCC[NH2+]C.Fc1c(F)c(F)c2c(F)c([B-](c3c(F)c(F)c4c(F)c(F)c(F)c(F)c4c3F)(c3c(F)c(F)c4c(F)c(F)c(F)c(F)c4c3F)c3c(F)c(F)c4c(F)c(F)c(F)c(F)c4c3F)c(F)c(F)c2c1F. The average molecular weight is 1200 g/mol. The van der Waals surface area contributed by atoms with Crippen molar-refractivity contribution in [2.24, 2.45) is 0 Å². The van der Waals surface area contributed by atoms with Crippen LogP contribution in [-0.2, 0) is 0 Å². The fraction of sp³-hybridized carbons (Fsp3) is 0.216. The van der Waals surface area contributed by atoms with Crippen molar-refractivity contribution in [2.75, 3.05) is 13.6 Å². The van der Waals surface area contributed by atoms with E-state index in [-0.39, 0.29) is 0 Å². The van der Waals surface area contributed by atoms with Crippen molar-refractivity contribution >= 4 is 71.1 Å². The monoisotopic (exact) mass is 1200 g/mol. The lowest BCUT2D eigenvalue weighted by Gasteiger charge is -2.45. The highest BCUT2D eigenvalue weighted by Gasteiger charge is 2.52. The molecule has 0 heterocycles. The molecule has 0 radical (unpaired) electrons. The molecule has 434 valence electrons. The molecular formula is C51H26BF28N. The normalized spacial score (nSPS) is 12.1. The van der Waals surface area contributed by atoms with Gasteiger partial charge in [-0.05, 0) is 12.8 Å². The number of benzene rings is 8. The van der Waals surface area contributed by atoms with Gasteiger partial charge < -0.3 is 5.32 Å². The molecular weight excluding hydrogens is 1170 g/mol. The summed E-state index contributed by atoms with van der Waals surface area (Å²) >= 11 is 0. The zero-order valence-corrected chi connectivity index (χ0v) is 40.1. The van der Waals surface area contributed by atoms with E-state index in [4.69, 9.17) is 0 Å². The second-order valence-corrected chi connectivity index (χ2v) is 18.0. The number of halogens is 28. The summed E-state index contributed by atoms with van der Waals surface area (Å²) in [6, 6.07) is 0. The Morgan fingerprint density at radius 1 is 0.210 bits per heavy atom. The minimum atomic E-state index is -7.99. The van der Waals surface area contributed by atoms with E-state index >= 15 is 87.8 Å². The van der Waals surface area contributed by atoms with Crippen LogP contribution < -0.4 is 27.2 Å². The molecule has 0 aliphatic rings. The Hall–Kier alpha value is -7.14. The third-order valence-corrected chi connectivity index (χ3v) is 13.6. The predicted molar refractivity (Wildman–Crippen MR) is 234 cm³/mol. The number of hydrogen-bond acceptors (Lipinski definition) is 0. The van der Waals surface area contributed by atoms with Crippen LogP contribution >= 0.6 is 0 Å². The summed E-state index contributed by atoms with van der Waals surface area (Å²) in [6.07, 6.45) is 3.50. The second-order valence-electron chi connectivity index (χ2n) is 18.0. The summed E-state index contributed by atoms with van der Waals surface area (Å²) in [5, 5.41) is -22.7. The van der Waals surface area contributed by atoms with Crippen LogP contribution in [0.5, 0.6) is 0 Å². The van der Waals surface area contributed by atoms with Gasteiger partial charge in [0.1, 0.15) is 52.7 Å². The summed E-state index contributed by atoms with van der Waals surface area (Å²) in [5.41, 5.74) is -15.9. The molecule has 0 unspecified atom stereocenters. The highest BCUT2D eigenvalue weighted by Crippen LogP contribution is 2.41. The Labute approximate surface area is 433 Å².